The molecule has 3 rings (SSSR count). The Kier molecular flexibility index (Phi) is 5.99. The number of quaternary nitrogens is 1. The fourth-order valence-corrected chi connectivity index (χ4v) is 5.50. The van der Waals surface area contributed by atoms with Crippen LogP contribution in [0.1, 0.15) is 48.0 Å². The van der Waals surface area contributed by atoms with E-state index in [0.29, 0.717) is 23.0 Å². The van der Waals surface area contributed by atoms with Gasteiger partial charge in [-0.3, -0.25) is 4.79 Å². The van der Waals surface area contributed by atoms with Gasteiger partial charge >= 0.3 is 5.97 Å². The number of anilines is 1. The maximum absolute atomic E-state index is 12.6. The van der Waals surface area contributed by atoms with E-state index in [2.05, 4.69) is 12.2 Å². The highest BCUT2D eigenvalue weighted by molar-refractivity contribution is 7.17. The van der Waals surface area contributed by atoms with Crippen LogP contribution in [0.5, 0.6) is 0 Å². The summed E-state index contributed by atoms with van der Waals surface area (Å²) in [5, 5.41) is 3.64. The number of morpholine rings is 1. The second-order valence-electron chi connectivity index (χ2n) is 7.69. The van der Waals surface area contributed by atoms with Gasteiger partial charge in [-0.15, -0.1) is 11.3 Å². The average Bonchev–Trinajstić information content (AvgIpc) is 2.89. The van der Waals surface area contributed by atoms with Crippen molar-refractivity contribution in [3.63, 3.8) is 0 Å². The standard InChI is InChI=1S/C19H28N2O4S/c1-11-5-6-14-15(7-11)26-18(17(14)19(23)24-4)20-16(22)10-21-8-12(2)25-13(3)9-21/h11-13H,5-10H2,1-4H3,(H,20,22)/p+1/t11-,12-,13+/m0/s1. The van der Waals surface area contributed by atoms with Crippen LogP contribution in [0, 0.1) is 5.92 Å². The van der Waals surface area contributed by atoms with Gasteiger partial charge in [0.1, 0.15) is 30.3 Å². The number of nitrogens with one attached hydrogen (secondary N) is 2. The number of fused-ring (bicyclic) bond motifs is 1. The minimum Gasteiger partial charge on any atom is -0.465 e. The lowest BCUT2D eigenvalue weighted by molar-refractivity contribution is -0.907. The second kappa shape index (κ2) is 8.06. The van der Waals surface area contributed by atoms with Crippen LogP contribution in [-0.2, 0) is 27.1 Å². The van der Waals surface area contributed by atoms with E-state index < -0.39 is 0 Å². The molecular weight excluding hydrogens is 352 g/mol. The van der Waals surface area contributed by atoms with Crippen molar-refractivity contribution in [2.75, 3.05) is 32.1 Å². The van der Waals surface area contributed by atoms with Crippen molar-refractivity contribution in [1.82, 2.24) is 0 Å². The van der Waals surface area contributed by atoms with Crippen LogP contribution in [0.3, 0.4) is 0 Å². The molecule has 2 heterocycles. The van der Waals surface area contributed by atoms with Crippen molar-refractivity contribution in [3.05, 3.63) is 16.0 Å². The van der Waals surface area contributed by atoms with Gasteiger partial charge in [0.05, 0.1) is 12.7 Å². The predicted molar refractivity (Wildman–Crippen MR) is 101 cm³/mol. The summed E-state index contributed by atoms with van der Waals surface area (Å²) in [6, 6.07) is 0. The number of thiophene rings is 1. The van der Waals surface area contributed by atoms with Gasteiger partial charge < -0.3 is 19.7 Å². The smallest absolute Gasteiger partial charge is 0.341 e. The molecule has 1 aliphatic heterocycles. The van der Waals surface area contributed by atoms with Crippen LogP contribution in [-0.4, -0.2) is 50.8 Å². The number of rotatable bonds is 4. The van der Waals surface area contributed by atoms with Crippen LogP contribution in [0.2, 0.25) is 0 Å². The maximum Gasteiger partial charge on any atom is 0.341 e. The SMILES string of the molecule is COC(=O)c1c(NC(=O)C[NH+]2C[C@@H](C)O[C@@H](C)C2)sc2c1CC[C@H](C)C2. The number of carbonyl (C=O) groups is 2. The highest BCUT2D eigenvalue weighted by atomic mass is 32.1. The largest absolute Gasteiger partial charge is 0.465 e. The van der Waals surface area contributed by atoms with Crippen molar-refractivity contribution in [3.8, 4) is 0 Å². The van der Waals surface area contributed by atoms with Crippen LogP contribution >= 0.6 is 11.3 Å². The third-order valence-electron chi connectivity index (χ3n) is 5.18. The van der Waals surface area contributed by atoms with Crippen LogP contribution in [0.25, 0.3) is 0 Å². The highest BCUT2D eigenvalue weighted by Crippen LogP contribution is 2.39. The number of esters is 1. The molecular formula is C19H29N2O4S+. The van der Waals surface area contributed by atoms with E-state index in [9.17, 15) is 9.59 Å². The van der Waals surface area contributed by atoms with Gasteiger partial charge in [-0.1, -0.05) is 6.92 Å². The zero-order valence-electron chi connectivity index (χ0n) is 16.0. The predicted octanol–water partition coefficient (Wildman–Crippen LogP) is 1.29. The molecule has 1 aromatic rings. The Labute approximate surface area is 158 Å². The maximum atomic E-state index is 12.6. The summed E-state index contributed by atoms with van der Waals surface area (Å²) in [6.07, 6.45) is 3.21. The molecule has 4 atom stereocenters. The van der Waals surface area contributed by atoms with Gasteiger partial charge in [0, 0.05) is 4.88 Å². The zero-order chi connectivity index (χ0) is 18.8. The fourth-order valence-electron chi connectivity index (χ4n) is 4.09. The van der Waals surface area contributed by atoms with Crippen molar-refractivity contribution in [2.24, 2.45) is 5.92 Å². The zero-order valence-corrected chi connectivity index (χ0v) is 16.8. The van der Waals surface area contributed by atoms with Gasteiger partial charge in [-0.2, -0.15) is 0 Å². The number of hydrogen-bond acceptors (Lipinski definition) is 5. The molecule has 2 N–H and O–H groups in total. The van der Waals surface area contributed by atoms with Crippen molar-refractivity contribution < 1.29 is 24.0 Å². The lowest BCUT2D eigenvalue weighted by Gasteiger charge is -2.31. The molecule has 1 fully saturated rings. The number of amides is 1. The van der Waals surface area contributed by atoms with Gasteiger partial charge in [0.2, 0.25) is 0 Å². The Morgan fingerprint density at radius 1 is 1.27 bits per heavy atom. The molecule has 6 nitrogen and oxygen atoms in total. The monoisotopic (exact) mass is 381 g/mol. The summed E-state index contributed by atoms with van der Waals surface area (Å²) in [6.45, 7) is 8.33. The number of ether oxygens (including phenoxy) is 2. The third-order valence-corrected chi connectivity index (χ3v) is 6.35. The van der Waals surface area contributed by atoms with E-state index in [1.54, 1.807) is 0 Å². The summed E-state index contributed by atoms with van der Waals surface area (Å²) in [4.78, 5) is 27.4. The third kappa shape index (κ3) is 4.27. The van der Waals surface area contributed by atoms with Gasteiger partial charge in [0.15, 0.2) is 6.54 Å². The first kappa shape index (κ1) is 19.3. The normalized spacial score (nSPS) is 28.3. The summed E-state index contributed by atoms with van der Waals surface area (Å²) in [5.74, 6) is 0.197. The van der Waals surface area contributed by atoms with Crippen LogP contribution in [0.4, 0.5) is 5.00 Å². The second-order valence-corrected chi connectivity index (χ2v) is 8.79. The summed E-state index contributed by atoms with van der Waals surface area (Å²) in [7, 11) is 1.39. The molecule has 1 saturated heterocycles. The molecule has 1 amide bonds. The van der Waals surface area contributed by atoms with E-state index >= 15 is 0 Å². The van der Waals surface area contributed by atoms with Crippen molar-refractivity contribution in [2.45, 2.75) is 52.2 Å². The van der Waals surface area contributed by atoms with Crippen molar-refractivity contribution >= 4 is 28.2 Å². The van der Waals surface area contributed by atoms with E-state index in [4.69, 9.17) is 9.47 Å². The van der Waals surface area contributed by atoms with Gasteiger partial charge in [-0.25, -0.2) is 4.79 Å². The number of methoxy groups -OCH3 is 1. The lowest BCUT2D eigenvalue weighted by Crippen LogP contribution is -3.16. The van der Waals surface area contributed by atoms with E-state index in [1.807, 2.05) is 13.8 Å². The molecule has 0 bridgehead atoms. The average molecular weight is 382 g/mol. The first-order valence-corrected chi connectivity index (χ1v) is 10.2. The molecule has 0 radical (unpaired) electrons. The molecule has 1 unspecified atom stereocenters. The van der Waals surface area contributed by atoms with Gasteiger partial charge in [-0.05, 0) is 44.6 Å². The molecule has 0 aromatic carbocycles. The minimum atomic E-state index is -0.353. The topological polar surface area (TPSA) is 69.1 Å². The summed E-state index contributed by atoms with van der Waals surface area (Å²) < 4.78 is 10.7. The molecule has 1 aliphatic carbocycles. The molecule has 1 aromatic heterocycles. The molecule has 0 saturated carbocycles. The first-order chi connectivity index (χ1) is 12.4. The Bertz CT molecular complexity index is 677. The van der Waals surface area contributed by atoms with E-state index in [1.165, 1.54) is 28.2 Å². The first-order valence-electron chi connectivity index (χ1n) is 9.39. The lowest BCUT2D eigenvalue weighted by atomic mass is 9.88. The Morgan fingerprint density at radius 3 is 2.62 bits per heavy atom. The molecule has 0 spiro atoms. The molecule has 26 heavy (non-hydrogen) atoms. The molecule has 7 heteroatoms. The summed E-state index contributed by atoms with van der Waals surface area (Å²) >= 11 is 1.53. The number of hydrogen-bond donors (Lipinski definition) is 2. The quantitative estimate of drug-likeness (QED) is 0.771. The molecule has 144 valence electrons. The van der Waals surface area contributed by atoms with Crippen LogP contribution in [0.15, 0.2) is 0 Å². The van der Waals surface area contributed by atoms with E-state index in [0.717, 1.165) is 37.9 Å². The fraction of sp³-hybridized carbons (Fsp3) is 0.684. The van der Waals surface area contributed by atoms with Gasteiger partial charge in [0.25, 0.3) is 5.91 Å². The van der Waals surface area contributed by atoms with E-state index in [-0.39, 0.29) is 24.1 Å². The minimum absolute atomic E-state index is 0.0573. The highest BCUT2D eigenvalue weighted by Gasteiger charge is 2.31. The van der Waals surface area contributed by atoms with Crippen LogP contribution < -0.4 is 10.2 Å². The summed E-state index contributed by atoms with van der Waals surface area (Å²) in [5.41, 5.74) is 1.63. The Morgan fingerprint density at radius 2 is 1.96 bits per heavy atom. The molecule has 2 aliphatic rings. The Balaban J connectivity index is 1.74. The van der Waals surface area contributed by atoms with Crippen molar-refractivity contribution in [1.29, 1.82) is 0 Å². The number of carbonyl (C=O) groups excluding carboxylic acids is 2. The Hall–Kier alpha value is -1.44.